The number of fused-ring (bicyclic) bond motifs is 3. The molecule has 3 nitrogen and oxygen atoms in total. The molecule has 253 valence electrons. The molecule has 0 saturated heterocycles. The van der Waals surface area contributed by atoms with E-state index < -0.39 is 8.07 Å². The van der Waals surface area contributed by atoms with E-state index in [4.69, 9.17) is 4.98 Å². The Balaban J connectivity index is 0.000000182. The second-order valence-corrected chi connectivity index (χ2v) is 20.1. The van der Waals surface area contributed by atoms with Crippen LogP contribution in [0.3, 0.4) is 0 Å². The first-order chi connectivity index (χ1) is 23.7. The van der Waals surface area contributed by atoms with Gasteiger partial charge in [0.25, 0.3) is 0 Å². The minimum Gasteiger partial charge on any atom is -0.333 e. The van der Waals surface area contributed by atoms with E-state index in [2.05, 4.69) is 159 Å². The van der Waals surface area contributed by atoms with E-state index in [1.165, 1.54) is 37.2 Å². The van der Waals surface area contributed by atoms with Crippen molar-refractivity contribution in [1.29, 1.82) is 0 Å². The Labute approximate surface area is 314 Å². The molecule has 0 bridgehead atoms. The maximum absolute atomic E-state index is 5.06. The first kappa shape index (κ1) is 35.6. The summed E-state index contributed by atoms with van der Waals surface area (Å²) in [5, 5.41) is 8.68. The Morgan fingerprint density at radius 1 is 0.820 bits per heavy atom. The van der Waals surface area contributed by atoms with Gasteiger partial charge in [-0.3, -0.25) is 16.3 Å². The molecule has 0 saturated carbocycles. The van der Waals surface area contributed by atoms with Gasteiger partial charge >= 0.3 is 0 Å². The van der Waals surface area contributed by atoms with E-state index >= 15 is 0 Å². The number of benzene rings is 5. The summed E-state index contributed by atoms with van der Waals surface area (Å²) in [5.74, 6) is 1.61. The van der Waals surface area contributed by atoms with E-state index in [9.17, 15) is 0 Å². The van der Waals surface area contributed by atoms with Crippen LogP contribution >= 0.6 is 11.3 Å². The quantitative estimate of drug-likeness (QED) is 0.123. The normalized spacial score (nSPS) is 11.5. The smallest absolute Gasteiger partial charge is 0.0798 e. The van der Waals surface area contributed by atoms with Gasteiger partial charge in [-0.05, 0) is 53.7 Å². The Hall–Kier alpha value is -4.19. The maximum Gasteiger partial charge on any atom is 0.0798 e. The van der Waals surface area contributed by atoms with Crippen LogP contribution in [0.5, 0.6) is 0 Å². The van der Waals surface area contributed by atoms with E-state index in [1.54, 1.807) is 11.3 Å². The van der Waals surface area contributed by atoms with Crippen LogP contribution in [0, 0.1) is 24.3 Å². The van der Waals surface area contributed by atoms with Gasteiger partial charge in [0.2, 0.25) is 0 Å². The summed E-state index contributed by atoms with van der Waals surface area (Å²) in [6.07, 6.45) is 3.24. The van der Waals surface area contributed by atoms with Crippen molar-refractivity contribution < 1.29 is 20.1 Å². The summed E-state index contributed by atoms with van der Waals surface area (Å²) in [6, 6.07) is 43.5. The van der Waals surface area contributed by atoms with Gasteiger partial charge in [-0.2, -0.15) is 0 Å². The van der Waals surface area contributed by atoms with E-state index in [1.807, 2.05) is 24.3 Å². The van der Waals surface area contributed by atoms with E-state index in [0.717, 1.165) is 45.8 Å². The second kappa shape index (κ2) is 15.0. The van der Waals surface area contributed by atoms with Gasteiger partial charge in [0.15, 0.2) is 0 Å². The molecule has 0 unspecified atom stereocenters. The first-order valence-corrected chi connectivity index (χ1v) is 21.3. The number of hydrogen-bond donors (Lipinski definition) is 0. The van der Waals surface area contributed by atoms with Gasteiger partial charge in [-0.25, -0.2) is 0 Å². The Morgan fingerprint density at radius 3 is 2.36 bits per heavy atom. The molecule has 3 aromatic heterocycles. The molecule has 0 spiro atoms. The fourth-order valence-electron chi connectivity index (χ4n) is 6.58. The number of para-hydroxylation sites is 2. The first-order valence-electron chi connectivity index (χ1n) is 17.0. The molecule has 0 N–H and O–H groups in total. The summed E-state index contributed by atoms with van der Waals surface area (Å²) in [5.41, 5.74) is 9.17. The van der Waals surface area contributed by atoms with Crippen molar-refractivity contribution >= 4 is 56.5 Å². The summed E-state index contributed by atoms with van der Waals surface area (Å²) in [4.78, 5) is 9.74. The predicted molar refractivity (Wildman–Crippen MR) is 213 cm³/mol. The Morgan fingerprint density at radius 2 is 1.58 bits per heavy atom. The van der Waals surface area contributed by atoms with Crippen LogP contribution in [0.1, 0.15) is 25.0 Å². The number of hydrogen-bond acceptors (Lipinski definition) is 3. The van der Waals surface area contributed by atoms with Crippen molar-refractivity contribution in [2.45, 2.75) is 46.8 Å². The molecule has 0 amide bonds. The molecular formula is C44H41IrN3SSi-2. The van der Waals surface area contributed by atoms with Crippen molar-refractivity contribution in [2.75, 3.05) is 0 Å². The van der Waals surface area contributed by atoms with E-state index in [0.29, 0.717) is 5.92 Å². The average molecular weight is 864 g/mol. The standard InChI is InChI=1S/C26H17N2S.C18H24NSi.Ir/c1-17-13-14-25-20(15-17)21(16-29-25)26-27-22-10-4-5-11-24(22)28(26)23-12-6-8-18-7-2-3-9-19(18)23;1-14(2)11-16-12-17(15-9-7-6-8-10-15)19-13-18(16)20(3,4)5;/h2-15H,1H3;6-9,12-14H,11H2,1-5H3;/q2*-1;. The van der Waals surface area contributed by atoms with Crippen LogP contribution < -0.4 is 5.19 Å². The van der Waals surface area contributed by atoms with Gasteiger partial charge in [0.05, 0.1) is 24.9 Å². The van der Waals surface area contributed by atoms with Crippen LogP contribution in [0.4, 0.5) is 0 Å². The third-order valence-electron chi connectivity index (χ3n) is 8.87. The minimum atomic E-state index is -1.34. The molecule has 3 heterocycles. The summed E-state index contributed by atoms with van der Waals surface area (Å²) in [6.45, 7) is 13.9. The van der Waals surface area contributed by atoms with E-state index in [-0.39, 0.29) is 20.1 Å². The van der Waals surface area contributed by atoms with Gasteiger partial charge in [0.1, 0.15) is 0 Å². The number of imidazole rings is 1. The molecule has 0 aliphatic rings. The molecule has 0 aliphatic heterocycles. The zero-order chi connectivity index (χ0) is 34.1. The average Bonchev–Trinajstić information content (AvgIpc) is 3.69. The third kappa shape index (κ3) is 7.31. The molecular weight excluding hydrogens is 823 g/mol. The number of pyridine rings is 1. The van der Waals surface area contributed by atoms with Gasteiger partial charge in [-0.15, -0.1) is 47.3 Å². The topological polar surface area (TPSA) is 30.7 Å². The predicted octanol–water partition coefficient (Wildman–Crippen LogP) is 11.5. The largest absolute Gasteiger partial charge is 0.333 e. The molecule has 0 fully saturated rings. The summed E-state index contributed by atoms with van der Waals surface area (Å²) < 4.78 is 3.53. The van der Waals surface area contributed by atoms with Crippen molar-refractivity contribution in [3.05, 3.63) is 144 Å². The van der Waals surface area contributed by atoms with Gasteiger partial charge < -0.3 is 9.55 Å². The number of aryl methyl sites for hydroxylation is 1. The van der Waals surface area contributed by atoms with Crippen molar-refractivity contribution in [1.82, 2.24) is 14.5 Å². The summed E-state index contributed by atoms with van der Waals surface area (Å²) in [7, 11) is -1.34. The SMILES string of the molecule is CC(C)Cc1cc(-c2[c-]cccc2)ncc1[Si](C)(C)C.Cc1ccc2s[c-]c(-c3nc4ccccc4n3-c3cccc4ccccc34)c2c1.[Ir]. The van der Waals surface area contributed by atoms with Gasteiger partial charge in [0, 0.05) is 37.4 Å². The molecule has 5 aromatic carbocycles. The van der Waals surface area contributed by atoms with Crippen LogP contribution in [0.15, 0.2) is 121 Å². The third-order valence-corrected chi connectivity index (χ3v) is 11.8. The van der Waals surface area contributed by atoms with Crippen LogP contribution in [0.25, 0.3) is 60.2 Å². The monoisotopic (exact) mass is 864 g/mol. The van der Waals surface area contributed by atoms with Crippen LogP contribution in [0.2, 0.25) is 19.6 Å². The molecule has 0 atom stereocenters. The number of aromatic nitrogens is 3. The number of thiophene rings is 1. The summed E-state index contributed by atoms with van der Waals surface area (Å²) >= 11 is 1.66. The zero-order valence-corrected chi connectivity index (χ0v) is 33.6. The Bertz CT molecular complexity index is 2400. The molecule has 50 heavy (non-hydrogen) atoms. The maximum atomic E-state index is 5.06. The van der Waals surface area contributed by atoms with Crippen molar-refractivity contribution in [2.24, 2.45) is 5.92 Å². The molecule has 0 aliphatic carbocycles. The molecule has 6 heteroatoms. The van der Waals surface area contributed by atoms with Crippen LogP contribution in [-0.2, 0) is 26.5 Å². The van der Waals surface area contributed by atoms with Crippen LogP contribution in [-0.4, -0.2) is 22.6 Å². The Kier molecular flexibility index (Phi) is 10.7. The molecule has 8 aromatic rings. The number of rotatable bonds is 6. The fraction of sp³-hybridized carbons (Fsp3) is 0.182. The van der Waals surface area contributed by atoms with Crippen molar-refractivity contribution in [3.63, 3.8) is 0 Å². The number of nitrogens with zero attached hydrogens (tertiary/aromatic N) is 3. The molecule has 8 rings (SSSR count). The van der Waals surface area contributed by atoms with Gasteiger partial charge in [-0.1, -0.05) is 127 Å². The fourth-order valence-corrected chi connectivity index (χ4v) is 8.99. The molecule has 1 radical (unpaired) electrons. The second-order valence-electron chi connectivity index (χ2n) is 14.2. The van der Waals surface area contributed by atoms with Crippen molar-refractivity contribution in [3.8, 4) is 28.3 Å². The minimum absolute atomic E-state index is 0. The zero-order valence-electron chi connectivity index (χ0n) is 29.4.